The van der Waals surface area contributed by atoms with Crippen LogP contribution in [0.25, 0.3) is 0 Å². The van der Waals surface area contributed by atoms with Gasteiger partial charge in [0.15, 0.2) is 0 Å². The van der Waals surface area contributed by atoms with Gasteiger partial charge >= 0.3 is 0 Å². The van der Waals surface area contributed by atoms with Crippen LogP contribution in [0.1, 0.15) is 45.7 Å². The fraction of sp³-hybridized carbons (Fsp3) is 0.625. The van der Waals surface area contributed by atoms with E-state index in [4.69, 9.17) is 28.9 Å². The van der Waals surface area contributed by atoms with Gasteiger partial charge in [-0.3, -0.25) is 4.90 Å². The fourth-order valence-corrected chi connectivity index (χ4v) is 2.91. The van der Waals surface area contributed by atoms with E-state index in [0.29, 0.717) is 11.6 Å². The molecule has 1 unspecified atom stereocenters. The van der Waals surface area contributed by atoms with E-state index < -0.39 is 5.82 Å². The molecule has 0 spiro atoms. The standard InChI is InChI=1S/C16H25Cl2FN2/c1-5-6-21(10-16(3,4)9-20)11(2)12-7-15(19)14(18)8-13(12)17/h7-8,11H,5-6,9-10,20H2,1-4H3. The van der Waals surface area contributed by atoms with Crippen molar-refractivity contribution in [3.63, 3.8) is 0 Å². The molecule has 0 aliphatic carbocycles. The number of nitrogens with zero attached hydrogens (tertiary/aromatic N) is 1. The third-order valence-electron chi connectivity index (χ3n) is 3.73. The van der Waals surface area contributed by atoms with Gasteiger partial charge in [-0.15, -0.1) is 0 Å². The summed E-state index contributed by atoms with van der Waals surface area (Å²) >= 11 is 12.0. The van der Waals surface area contributed by atoms with Gasteiger partial charge in [0.25, 0.3) is 0 Å². The van der Waals surface area contributed by atoms with Gasteiger partial charge in [0.2, 0.25) is 0 Å². The van der Waals surface area contributed by atoms with E-state index in [1.807, 2.05) is 6.92 Å². The normalized spacial score (nSPS) is 13.8. The van der Waals surface area contributed by atoms with Crippen LogP contribution in [0.3, 0.4) is 0 Å². The average molecular weight is 335 g/mol. The van der Waals surface area contributed by atoms with Gasteiger partial charge in [0, 0.05) is 17.6 Å². The topological polar surface area (TPSA) is 29.3 Å². The van der Waals surface area contributed by atoms with Crippen LogP contribution in [0.4, 0.5) is 4.39 Å². The van der Waals surface area contributed by atoms with Gasteiger partial charge < -0.3 is 5.73 Å². The summed E-state index contributed by atoms with van der Waals surface area (Å²) in [5, 5.41) is 0.556. The first-order valence-corrected chi connectivity index (χ1v) is 8.06. The molecule has 2 nitrogen and oxygen atoms in total. The molecule has 1 rings (SSSR count). The second kappa shape index (κ2) is 7.77. The summed E-state index contributed by atoms with van der Waals surface area (Å²) in [5.74, 6) is -0.433. The zero-order valence-corrected chi connectivity index (χ0v) is 14.7. The van der Waals surface area contributed by atoms with Crippen LogP contribution in [0, 0.1) is 11.2 Å². The quantitative estimate of drug-likeness (QED) is 0.719. The third kappa shape index (κ3) is 5.10. The Morgan fingerprint density at radius 2 is 1.90 bits per heavy atom. The van der Waals surface area contributed by atoms with Crippen molar-refractivity contribution in [3.8, 4) is 0 Å². The van der Waals surface area contributed by atoms with Crippen molar-refractivity contribution in [2.24, 2.45) is 11.1 Å². The molecule has 21 heavy (non-hydrogen) atoms. The van der Waals surface area contributed by atoms with Gasteiger partial charge in [-0.25, -0.2) is 4.39 Å². The summed E-state index contributed by atoms with van der Waals surface area (Å²) in [5.41, 5.74) is 6.60. The lowest BCUT2D eigenvalue weighted by atomic mass is 9.91. The Hall–Kier alpha value is -0.350. The second-order valence-corrected chi connectivity index (χ2v) is 7.12. The lowest BCUT2D eigenvalue weighted by Crippen LogP contribution is -2.40. The minimum absolute atomic E-state index is 0.000869. The van der Waals surface area contributed by atoms with Crippen molar-refractivity contribution < 1.29 is 4.39 Å². The van der Waals surface area contributed by atoms with E-state index in [1.54, 1.807) is 0 Å². The highest BCUT2D eigenvalue weighted by Crippen LogP contribution is 2.33. The van der Waals surface area contributed by atoms with E-state index in [-0.39, 0.29) is 16.5 Å². The highest BCUT2D eigenvalue weighted by molar-refractivity contribution is 6.35. The Balaban J connectivity index is 3.06. The van der Waals surface area contributed by atoms with Crippen LogP contribution in [0.5, 0.6) is 0 Å². The molecule has 0 aliphatic heterocycles. The van der Waals surface area contributed by atoms with Gasteiger partial charge in [0.1, 0.15) is 5.82 Å². The van der Waals surface area contributed by atoms with Crippen LogP contribution in [0.2, 0.25) is 10.0 Å². The van der Waals surface area contributed by atoms with Crippen LogP contribution < -0.4 is 5.73 Å². The number of hydrogen-bond donors (Lipinski definition) is 1. The molecular weight excluding hydrogens is 310 g/mol. The second-order valence-electron chi connectivity index (χ2n) is 6.30. The zero-order valence-electron chi connectivity index (χ0n) is 13.2. The van der Waals surface area contributed by atoms with Gasteiger partial charge in [-0.05, 0) is 49.5 Å². The van der Waals surface area contributed by atoms with Crippen LogP contribution in [0.15, 0.2) is 12.1 Å². The minimum Gasteiger partial charge on any atom is -0.330 e. The SMILES string of the molecule is CCCN(CC(C)(C)CN)C(C)c1cc(F)c(Cl)cc1Cl. The molecule has 120 valence electrons. The number of nitrogens with two attached hydrogens (primary N) is 1. The Morgan fingerprint density at radius 3 is 2.43 bits per heavy atom. The predicted octanol–water partition coefficient (Wildman–Crippen LogP) is 4.89. The lowest BCUT2D eigenvalue weighted by Gasteiger charge is -2.36. The Morgan fingerprint density at radius 1 is 1.29 bits per heavy atom. The number of halogens is 3. The highest BCUT2D eigenvalue weighted by Gasteiger charge is 2.25. The highest BCUT2D eigenvalue weighted by atomic mass is 35.5. The van der Waals surface area contributed by atoms with Gasteiger partial charge in [-0.1, -0.05) is 44.0 Å². The van der Waals surface area contributed by atoms with Crippen LogP contribution >= 0.6 is 23.2 Å². The molecule has 0 fully saturated rings. The van der Waals surface area contributed by atoms with E-state index in [9.17, 15) is 4.39 Å². The Kier molecular flexibility index (Phi) is 6.92. The summed E-state index contributed by atoms with van der Waals surface area (Å²) in [6, 6.07) is 2.92. The first-order chi connectivity index (χ1) is 9.71. The fourth-order valence-electron chi connectivity index (χ4n) is 2.37. The third-order valence-corrected chi connectivity index (χ3v) is 4.35. The van der Waals surface area contributed by atoms with E-state index in [0.717, 1.165) is 25.1 Å². The first-order valence-electron chi connectivity index (χ1n) is 7.30. The summed E-state index contributed by atoms with van der Waals surface area (Å²) in [6.07, 6.45) is 1.01. The molecule has 0 radical (unpaired) electrons. The molecule has 0 saturated heterocycles. The smallest absolute Gasteiger partial charge is 0.142 e. The number of hydrogen-bond acceptors (Lipinski definition) is 2. The van der Waals surface area contributed by atoms with Crippen LogP contribution in [-0.4, -0.2) is 24.5 Å². The molecule has 0 aliphatic rings. The van der Waals surface area contributed by atoms with E-state index in [2.05, 4.69) is 25.7 Å². The molecule has 1 atom stereocenters. The molecule has 0 amide bonds. The monoisotopic (exact) mass is 334 g/mol. The Bertz CT molecular complexity index is 478. The molecule has 1 aromatic rings. The maximum atomic E-state index is 13.7. The predicted molar refractivity (Wildman–Crippen MR) is 89.5 cm³/mol. The van der Waals surface area contributed by atoms with Crippen molar-refractivity contribution in [1.29, 1.82) is 0 Å². The molecule has 0 aromatic heterocycles. The molecule has 0 saturated carbocycles. The van der Waals surface area contributed by atoms with E-state index >= 15 is 0 Å². The molecule has 0 heterocycles. The van der Waals surface area contributed by atoms with Crippen molar-refractivity contribution >= 4 is 23.2 Å². The van der Waals surface area contributed by atoms with Crippen molar-refractivity contribution in [2.75, 3.05) is 19.6 Å². The van der Waals surface area contributed by atoms with Crippen molar-refractivity contribution in [3.05, 3.63) is 33.6 Å². The lowest BCUT2D eigenvalue weighted by molar-refractivity contribution is 0.140. The zero-order chi connectivity index (χ0) is 16.2. The molecule has 5 heteroatoms. The molecule has 1 aromatic carbocycles. The molecular formula is C16H25Cl2FN2. The summed E-state index contributed by atoms with van der Waals surface area (Å²) in [4.78, 5) is 2.29. The van der Waals surface area contributed by atoms with Crippen molar-refractivity contribution in [1.82, 2.24) is 4.90 Å². The number of benzene rings is 1. The minimum atomic E-state index is -0.433. The summed E-state index contributed by atoms with van der Waals surface area (Å²) in [7, 11) is 0. The number of rotatable bonds is 7. The summed E-state index contributed by atoms with van der Waals surface area (Å²) < 4.78 is 13.7. The Labute approximate surface area is 137 Å². The van der Waals surface area contributed by atoms with Gasteiger partial charge in [0.05, 0.1) is 5.02 Å². The maximum absolute atomic E-state index is 13.7. The van der Waals surface area contributed by atoms with Gasteiger partial charge in [-0.2, -0.15) is 0 Å². The molecule has 0 bridgehead atoms. The van der Waals surface area contributed by atoms with Crippen molar-refractivity contribution in [2.45, 2.75) is 40.2 Å². The molecule has 2 N–H and O–H groups in total. The maximum Gasteiger partial charge on any atom is 0.142 e. The summed E-state index contributed by atoms with van der Waals surface area (Å²) in [6.45, 7) is 10.8. The largest absolute Gasteiger partial charge is 0.330 e. The average Bonchev–Trinajstić information content (AvgIpc) is 2.41. The first kappa shape index (κ1) is 18.7. The van der Waals surface area contributed by atoms with Crippen LogP contribution in [-0.2, 0) is 0 Å². The van der Waals surface area contributed by atoms with E-state index in [1.165, 1.54) is 12.1 Å².